The van der Waals surface area contributed by atoms with Crippen LogP contribution in [-0.4, -0.2) is 142 Å². The Morgan fingerprint density at radius 1 is 0.407 bits per heavy atom. The van der Waals surface area contributed by atoms with E-state index in [1.54, 1.807) is 0 Å². The van der Waals surface area contributed by atoms with E-state index >= 15 is 0 Å². The van der Waals surface area contributed by atoms with E-state index < -0.39 is 0 Å². The van der Waals surface area contributed by atoms with E-state index in [1.165, 1.54) is 35.5 Å². The fourth-order valence-electron chi connectivity index (χ4n) is 0.417. The van der Waals surface area contributed by atoms with Crippen LogP contribution in [0.4, 0.5) is 0 Å². The minimum absolute atomic E-state index is 0. The molecule has 0 saturated carbocycles. The molecule has 0 aromatic rings. The van der Waals surface area contributed by atoms with Gasteiger partial charge >= 0.3 is 40.4 Å². The molecule has 0 aromatic heterocycles. The van der Waals surface area contributed by atoms with Gasteiger partial charge in [0.05, 0.1) is 0 Å². The maximum atomic E-state index is 9.40. The summed E-state index contributed by atoms with van der Waals surface area (Å²) in [5, 5.41) is 47.0. The molecule has 0 aliphatic carbocycles. The Morgan fingerprint density at radius 2 is 0.519 bits per heavy atom. The fourth-order valence-corrected chi connectivity index (χ4v) is 0.417. The average Bonchev–Trinajstić information content (AvgIpc) is 2.61. The maximum absolute atomic E-state index is 9.40. The van der Waals surface area contributed by atoms with Crippen molar-refractivity contribution < 1.29 is 49.2 Å². The van der Waals surface area contributed by atoms with Crippen molar-refractivity contribution in [2.24, 2.45) is 0 Å². The molecule has 0 amide bonds. The molecule has 0 unspecified atom stereocenters. The average molecular weight is 427 g/mol. The van der Waals surface area contributed by atoms with Crippen LogP contribution in [0.25, 0.3) is 0 Å². The number of hydrogen-bond donors (Lipinski definition) is 0. The molecule has 27 heavy (non-hydrogen) atoms. The van der Waals surface area contributed by atoms with Crippen LogP contribution in [0.2, 0.25) is 0 Å². The van der Waals surface area contributed by atoms with Gasteiger partial charge in [0.25, 0.3) is 0 Å². The Morgan fingerprint density at radius 3 is 0.519 bits per heavy atom. The predicted octanol–water partition coefficient (Wildman–Crippen LogP) is -5.80. The molecule has 0 spiro atoms. The summed E-state index contributed by atoms with van der Waals surface area (Å²) in [6, 6.07) is 0. The second-order valence-electron chi connectivity index (χ2n) is 3.48. The van der Waals surface area contributed by atoms with Gasteiger partial charge in [-0.3, -0.25) is 0 Å². The van der Waals surface area contributed by atoms with Crippen molar-refractivity contribution in [3.63, 3.8) is 0 Å². The van der Waals surface area contributed by atoms with Crippen molar-refractivity contribution in [3.8, 4) is 0 Å². The first-order valence-corrected chi connectivity index (χ1v) is 7.43. The number of rotatable bonds is 10. The summed E-state index contributed by atoms with van der Waals surface area (Å²) in [4.78, 5) is 0. The predicted molar refractivity (Wildman–Crippen MR) is 95.2 cm³/mol. The Bertz CT molecular complexity index is 109. The van der Waals surface area contributed by atoms with E-state index in [-0.39, 0.29) is 73.4 Å². The second kappa shape index (κ2) is 71.4. The molecular formula is C15H35AlMgO10. The van der Waals surface area contributed by atoms with Crippen LogP contribution in [0.5, 0.6) is 0 Å². The SMILES string of the molecule is COCC[O-].COCC[O-].COCC[O-].COCC[O-].COCC[O-].[Al+3].[Mg+2]. The van der Waals surface area contributed by atoms with E-state index in [0.29, 0.717) is 33.0 Å². The zero-order chi connectivity index (χ0) is 20.6. The van der Waals surface area contributed by atoms with Gasteiger partial charge in [-0.25, -0.2) is 0 Å². The van der Waals surface area contributed by atoms with E-state index in [9.17, 15) is 25.5 Å². The van der Waals surface area contributed by atoms with Crippen LogP contribution in [0.15, 0.2) is 0 Å². The summed E-state index contributed by atoms with van der Waals surface area (Å²) in [5.74, 6) is 0. The molecular weight excluding hydrogens is 391 g/mol. The fraction of sp³-hybridized carbons (Fsp3) is 1.00. The molecule has 12 heteroatoms. The van der Waals surface area contributed by atoms with Gasteiger partial charge in [0.2, 0.25) is 0 Å². The van der Waals surface area contributed by atoms with Crippen LogP contribution >= 0.6 is 0 Å². The van der Waals surface area contributed by atoms with Crippen LogP contribution in [0.3, 0.4) is 0 Å². The summed E-state index contributed by atoms with van der Waals surface area (Å²) in [5.41, 5.74) is 0. The molecule has 0 radical (unpaired) electrons. The quantitative estimate of drug-likeness (QED) is 0.307. The standard InChI is InChI=1S/5C3H7O2.Al.Mg/c5*1-5-3-2-4;;/h5*2-3H2,1H3;;/q5*-1;+3;+2. The second-order valence-corrected chi connectivity index (χ2v) is 3.48. The third-order valence-corrected chi connectivity index (χ3v) is 1.44. The molecule has 0 bridgehead atoms. The van der Waals surface area contributed by atoms with Crippen molar-refractivity contribution in [3.05, 3.63) is 0 Å². The minimum Gasteiger partial charge on any atom is -0.853 e. The van der Waals surface area contributed by atoms with Gasteiger partial charge in [-0.1, -0.05) is 0 Å². The number of ether oxygens (including phenoxy) is 5. The third kappa shape index (κ3) is 140. The smallest absolute Gasteiger partial charge is 0.853 e. The summed E-state index contributed by atoms with van der Waals surface area (Å²) >= 11 is 0. The van der Waals surface area contributed by atoms with Gasteiger partial charge < -0.3 is 49.2 Å². The molecule has 0 atom stereocenters. The molecule has 0 fully saturated rings. The molecule has 10 nitrogen and oxygen atoms in total. The monoisotopic (exact) mass is 426 g/mol. The third-order valence-electron chi connectivity index (χ3n) is 1.44. The molecule has 160 valence electrons. The van der Waals surface area contributed by atoms with Crippen molar-refractivity contribution in [2.45, 2.75) is 0 Å². The van der Waals surface area contributed by atoms with Gasteiger partial charge in [-0.15, -0.1) is 33.0 Å². The van der Waals surface area contributed by atoms with Crippen LogP contribution < -0.4 is 25.5 Å². The maximum Gasteiger partial charge on any atom is 3.00 e. The summed E-state index contributed by atoms with van der Waals surface area (Å²) in [7, 11) is 7.56. The Balaban J connectivity index is -0.0000000364. The molecule has 0 heterocycles. The molecule has 0 N–H and O–H groups in total. The topological polar surface area (TPSA) is 161 Å². The molecule has 0 rings (SSSR count). The van der Waals surface area contributed by atoms with Gasteiger partial charge in [0.15, 0.2) is 0 Å². The van der Waals surface area contributed by atoms with Crippen molar-refractivity contribution in [2.75, 3.05) is 102 Å². The Hall–Kier alpha value is 0.899. The first-order chi connectivity index (χ1) is 12.1. The van der Waals surface area contributed by atoms with Crippen molar-refractivity contribution in [1.82, 2.24) is 0 Å². The first-order valence-electron chi connectivity index (χ1n) is 7.43. The van der Waals surface area contributed by atoms with Crippen molar-refractivity contribution in [1.29, 1.82) is 0 Å². The summed E-state index contributed by atoms with van der Waals surface area (Å²) < 4.78 is 21.9. The molecule has 0 aromatic carbocycles. The van der Waals surface area contributed by atoms with E-state index in [4.69, 9.17) is 0 Å². The van der Waals surface area contributed by atoms with E-state index in [2.05, 4.69) is 23.7 Å². The molecule has 0 aliphatic rings. The zero-order valence-electron chi connectivity index (χ0n) is 17.4. The number of hydrogen-bond acceptors (Lipinski definition) is 10. The van der Waals surface area contributed by atoms with Gasteiger partial charge in [-0.05, 0) is 0 Å². The van der Waals surface area contributed by atoms with Crippen LogP contribution in [0, 0.1) is 0 Å². The Kier molecular flexibility index (Phi) is 122. The Labute approximate surface area is 191 Å². The molecule has 0 saturated heterocycles. The van der Waals surface area contributed by atoms with Crippen LogP contribution in [-0.2, 0) is 23.7 Å². The van der Waals surface area contributed by atoms with Crippen LogP contribution in [0.1, 0.15) is 0 Å². The van der Waals surface area contributed by atoms with Gasteiger partial charge in [-0.2, -0.15) is 0 Å². The minimum atomic E-state index is -0.128. The largest absolute Gasteiger partial charge is 3.00 e. The van der Waals surface area contributed by atoms with E-state index in [1.807, 2.05) is 0 Å². The van der Waals surface area contributed by atoms with E-state index in [0.717, 1.165) is 0 Å². The zero-order valence-corrected chi connectivity index (χ0v) is 20.0. The summed E-state index contributed by atoms with van der Waals surface area (Å²) in [6.07, 6.45) is 0. The summed E-state index contributed by atoms with van der Waals surface area (Å²) in [6.45, 7) is 1.02. The molecule has 0 aliphatic heterocycles. The number of methoxy groups -OCH3 is 5. The van der Waals surface area contributed by atoms with Gasteiger partial charge in [0.1, 0.15) is 0 Å². The first kappa shape index (κ1) is 46.2. The van der Waals surface area contributed by atoms with Crippen molar-refractivity contribution >= 4 is 40.4 Å². The normalized spacial score (nSPS) is 7.78. The van der Waals surface area contributed by atoms with Gasteiger partial charge in [0, 0.05) is 68.6 Å².